The molecule has 1 saturated heterocycles. The minimum Gasteiger partial charge on any atom is -0.477 e. The highest BCUT2D eigenvalue weighted by Gasteiger charge is 2.54. The number of carbonyl (C=O) groups excluding carboxylic acids is 2. The Hall–Kier alpha value is -2.13. The van der Waals surface area contributed by atoms with Gasteiger partial charge in [0.1, 0.15) is 22.6 Å². The van der Waals surface area contributed by atoms with Crippen LogP contribution in [0.1, 0.15) is 5.69 Å². The first-order valence-electron chi connectivity index (χ1n) is 8.52. The molecule has 0 saturated carbocycles. The maximum absolute atomic E-state index is 12.8. The number of carboxylic acid groups (broad SMARTS) is 1. The number of hydrogen-bond donors (Lipinski definition) is 3. The third-order valence-electron chi connectivity index (χ3n) is 4.40. The van der Waals surface area contributed by atoms with Crippen LogP contribution >= 0.6 is 57.8 Å². The minimum atomic E-state index is -1.18. The summed E-state index contributed by atoms with van der Waals surface area (Å²) in [6, 6.07) is -0.869. The van der Waals surface area contributed by atoms with Crippen LogP contribution in [0.15, 0.2) is 32.0 Å². The Labute approximate surface area is 196 Å². The average Bonchev–Trinajstić information content (AvgIpc) is 3.42. The normalized spacial score (nSPS) is 21.0. The van der Waals surface area contributed by atoms with Gasteiger partial charge < -0.3 is 16.2 Å². The molecule has 2 aromatic heterocycles. The first-order valence-corrected chi connectivity index (χ1v) is 12.7. The smallest absolute Gasteiger partial charge is 0.352 e. The van der Waals surface area contributed by atoms with Crippen molar-refractivity contribution in [3.05, 3.63) is 33.4 Å². The molecule has 0 radical (unpaired) electrons. The third kappa shape index (κ3) is 4.30. The van der Waals surface area contributed by atoms with E-state index in [-0.39, 0.29) is 16.4 Å². The second-order valence-electron chi connectivity index (χ2n) is 6.21. The van der Waals surface area contributed by atoms with E-state index < -0.39 is 29.2 Å². The molecule has 0 aliphatic carbocycles. The zero-order chi connectivity index (χ0) is 22.1. The largest absolute Gasteiger partial charge is 0.477 e. The van der Waals surface area contributed by atoms with Crippen molar-refractivity contribution in [2.75, 3.05) is 17.2 Å². The number of thioether (sulfide) groups is 2. The summed E-state index contributed by atoms with van der Waals surface area (Å²) >= 11 is 11.1. The first kappa shape index (κ1) is 22.1. The first-order chi connectivity index (χ1) is 14.9. The molecule has 4 heterocycles. The van der Waals surface area contributed by atoms with Gasteiger partial charge in [-0.15, -0.1) is 33.3 Å². The van der Waals surface area contributed by atoms with Gasteiger partial charge in [0.15, 0.2) is 9.47 Å². The molecule has 2 amide bonds. The molecule has 162 valence electrons. The van der Waals surface area contributed by atoms with Gasteiger partial charge in [-0.3, -0.25) is 14.5 Å². The molecule has 0 bridgehead atoms. The lowest BCUT2D eigenvalue weighted by atomic mass is 10.0. The summed E-state index contributed by atoms with van der Waals surface area (Å²) in [5, 5.41) is 21.4. The Kier molecular flexibility index (Phi) is 6.52. The lowest BCUT2D eigenvalue weighted by Crippen LogP contribution is -2.70. The summed E-state index contributed by atoms with van der Waals surface area (Å²) in [6.07, 6.45) is 0. The zero-order valence-corrected chi connectivity index (χ0v) is 19.4. The Morgan fingerprint density at radius 1 is 1.45 bits per heavy atom. The maximum atomic E-state index is 12.8. The van der Waals surface area contributed by atoms with E-state index >= 15 is 0 Å². The molecular weight excluding hydrogens is 504 g/mol. The van der Waals surface area contributed by atoms with E-state index in [1.54, 1.807) is 10.9 Å². The number of nitrogens with one attached hydrogen (secondary N) is 1. The number of carbonyl (C=O) groups is 3. The van der Waals surface area contributed by atoms with Crippen molar-refractivity contribution in [2.45, 2.75) is 15.8 Å². The summed E-state index contributed by atoms with van der Waals surface area (Å²) in [4.78, 5) is 42.6. The number of β-lactam (4-membered cyclic amide) rings is 1. The highest BCUT2D eigenvalue weighted by Crippen LogP contribution is 2.41. The number of halogens is 1. The number of nitrogens with two attached hydrogens (primary N) is 1. The molecule has 4 rings (SSSR count). The van der Waals surface area contributed by atoms with Crippen molar-refractivity contribution in [3.63, 3.8) is 0 Å². The lowest BCUT2D eigenvalue weighted by molar-refractivity contribution is -0.150. The standard InChI is InChI=1S/C16H13ClN6O4S4/c17-1-7(8-4-29-15(18)20-8)11(24)21-9-12(25)23-10(14(26)27)6(2-28-13(9)23)3-30-16-22-19-5-31-16/h1,4-5,9,13H,2-3H2,(H2,18,20)(H,21,24)(H,26,27)/b7-1+/t9?,13-/m1/s1. The molecule has 2 atom stereocenters. The molecule has 1 unspecified atom stereocenters. The fourth-order valence-electron chi connectivity index (χ4n) is 3.02. The van der Waals surface area contributed by atoms with E-state index in [9.17, 15) is 19.5 Å². The summed E-state index contributed by atoms with van der Waals surface area (Å²) < 4.78 is 0.715. The maximum Gasteiger partial charge on any atom is 0.352 e. The van der Waals surface area contributed by atoms with Gasteiger partial charge in [0.2, 0.25) is 0 Å². The molecule has 2 aliphatic rings. The van der Waals surface area contributed by atoms with Crippen molar-refractivity contribution in [3.8, 4) is 0 Å². The second-order valence-corrected chi connectivity index (χ2v) is 10.5. The number of thiazole rings is 1. The van der Waals surface area contributed by atoms with Gasteiger partial charge in [0.25, 0.3) is 11.8 Å². The topological polar surface area (TPSA) is 151 Å². The van der Waals surface area contributed by atoms with Gasteiger partial charge in [-0.25, -0.2) is 9.78 Å². The van der Waals surface area contributed by atoms with Gasteiger partial charge in [0, 0.05) is 22.4 Å². The molecule has 4 N–H and O–H groups in total. The molecule has 0 aromatic carbocycles. The number of carboxylic acids is 1. The molecule has 15 heteroatoms. The predicted octanol–water partition coefficient (Wildman–Crippen LogP) is 1.69. The summed E-state index contributed by atoms with van der Waals surface area (Å²) in [5.41, 5.74) is 9.22. The molecule has 31 heavy (non-hydrogen) atoms. The zero-order valence-electron chi connectivity index (χ0n) is 15.4. The fraction of sp³-hybridized carbons (Fsp3) is 0.250. The molecule has 1 fully saturated rings. The van der Waals surface area contributed by atoms with E-state index in [0.717, 1.165) is 16.9 Å². The van der Waals surface area contributed by atoms with Crippen molar-refractivity contribution in [2.24, 2.45) is 0 Å². The van der Waals surface area contributed by atoms with Crippen LogP contribution in [0.3, 0.4) is 0 Å². The van der Waals surface area contributed by atoms with Gasteiger partial charge in [0.05, 0.1) is 11.3 Å². The van der Waals surface area contributed by atoms with E-state index in [1.165, 1.54) is 39.8 Å². The number of aliphatic carboxylic acids is 1. The number of anilines is 1. The van der Waals surface area contributed by atoms with E-state index in [0.29, 0.717) is 27.1 Å². The van der Waals surface area contributed by atoms with Crippen LogP contribution in [0.5, 0.6) is 0 Å². The Balaban J connectivity index is 1.48. The summed E-state index contributed by atoms with van der Waals surface area (Å²) in [7, 11) is 0. The number of fused-ring (bicyclic) bond motifs is 1. The molecule has 0 spiro atoms. The molecule has 2 aromatic rings. The predicted molar refractivity (Wildman–Crippen MR) is 121 cm³/mol. The molecular formula is C16H13ClN6O4S4. The van der Waals surface area contributed by atoms with Gasteiger partial charge in [-0.05, 0) is 5.57 Å². The van der Waals surface area contributed by atoms with Crippen LogP contribution in [0.4, 0.5) is 5.13 Å². The highest BCUT2D eigenvalue weighted by molar-refractivity contribution is 8.01. The van der Waals surface area contributed by atoms with Gasteiger partial charge >= 0.3 is 5.97 Å². The fourth-order valence-corrected chi connectivity index (χ4v) is 6.77. The van der Waals surface area contributed by atoms with Crippen molar-refractivity contribution in [1.82, 2.24) is 25.4 Å². The van der Waals surface area contributed by atoms with Crippen molar-refractivity contribution >= 4 is 86.3 Å². The minimum absolute atomic E-state index is 0.0448. The van der Waals surface area contributed by atoms with Crippen LogP contribution < -0.4 is 11.1 Å². The van der Waals surface area contributed by atoms with Crippen LogP contribution in [0.2, 0.25) is 0 Å². The summed E-state index contributed by atoms with van der Waals surface area (Å²) in [5.74, 6) is -1.47. The van der Waals surface area contributed by atoms with Crippen LogP contribution in [-0.4, -0.2) is 65.9 Å². The highest BCUT2D eigenvalue weighted by atomic mass is 35.5. The molecule has 2 aliphatic heterocycles. The summed E-state index contributed by atoms with van der Waals surface area (Å²) in [6.45, 7) is 0. The van der Waals surface area contributed by atoms with Crippen molar-refractivity contribution in [1.29, 1.82) is 0 Å². The van der Waals surface area contributed by atoms with Crippen LogP contribution in [-0.2, 0) is 14.4 Å². The monoisotopic (exact) mass is 516 g/mol. The third-order valence-corrected chi connectivity index (χ3v) is 8.58. The van der Waals surface area contributed by atoms with Crippen LogP contribution in [0.25, 0.3) is 5.57 Å². The lowest BCUT2D eigenvalue weighted by Gasteiger charge is -2.49. The number of nitrogen functional groups attached to an aromatic ring is 1. The van der Waals surface area contributed by atoms with Gasteiger partial charge in [-0.1, -0.05) is 34.7 Å². The average molecular weight is 517 g/mol. The Morgan fingerprint density at radius 3 is 2.87 bits per heavy atom. The van der Waals surface area contributed by atoms with E-state index in [1.807, 2.05) is 0 Å². The second kappa shape index (κ2) is 9.16. The van der Waals surface area contributed by atoms with Gasteiger partial charge in [-0.2, -0.15) is 0 Å². The van der Waals surface area contributed by atoms with E-state index in [4.69, 9.17) is 17.3 Å². The number of amides is 2. The van der Waals surface area contributed by atoms with E-state index in [2.05, 4.69) is 20.5 Å². The quantitative estimate of drug-likeness (QED) is 0.281. The number of nitrogens with zero attached hydrogens (tertiary/aromatic N) is 4. The van der Waals surface area contributed by atoms with Crippen molar-refractivity contribution < 1.29 is 19.5 Å². The Morgan fingerprint density at radius 2 is 2.26 bits per heavy atom. The SMILES string of the molecule is Nc1nc(/C(=C\Cl)C(=O)NC2C(=O)N3C(C(=O)O)=C(CSc4nncs4)CS[C@H]23)cs1. The molecule has 10 nitrogen and oxygen atoms in total. The number of aromatic nitrogens is 3. The number of hydrogen-bond acceptors (Lipinski definition) is 11. The van der Waals surface area contributed by atoms with Crippen LogP contribution in [0, 0.1) is 0 Å². The number of rotatable bonds is 7. The Bertz CT molecular complexity index is 1100.